The highest BCUT2D eigenvalue weighted by atomic mass is 16.6. The van der Waals surface area contributed by atoms with Crippen LogP contribution >= 0.6 is 0 Å². The van der Waals surface area contributed by atoms with Crippen LogP contribution in [0.15, 0.2) is 36.4 Å². The zero-order valence-corrected chi connectivity index (χ0v) is 15.7. The van der Waals surface area contributed by atoms with Gasteiger partial charge in [0.25, 0.3) is 17.5 Å². The molecule has 1 N–H and O–H groups in total. The van der Waals surface area contributed by atoms with Gasteiger partial charge < -0.3 is 5.32 Å². The zero-order chi connectivity index (χ0) is 20.6. The van der Waals surface area contributed by atoms with Crippen LogP contribution in [0.2, 0.25) is 0 Å². The van der Waals surface area contributed by atoms with Crippen molar-refractivity contribution in [3.63, 3.8) is 0 Å². The van der Waals surface area contributed by atoms with Gasteiger partial charge in [-0.1, -0.05) is 29.8 Å². The van der Waals surface area contributed by atoms with E-state index in [1.165, 1.54) is 12.1 Å². The number of imide groups is 1. The summed E-state index contributed by atoms with van der Waals surface area (Å²) in [4.78, 5) is 48.6. The molecule has 0 bridgehead atoms. The fourth-order valence-corrected chi connectivity index (χ4v) is 3.35. The standard InChI is InChI=1S/C20H19N3O5/c1-11-7-8-12(2)15(9-11)13(3)21-17(24)10-22-19(25)14-5-4-6-16(23(27)28)18(14)20(22)26/h4-9,13H,10H2,1-3H3,(H,21,24). The third-order valence-corrected chi connectivity index (χ3v) is 4.75. The van der Waals surface area contributed by atoms with E-state index in [9.17, 15) is 24.5 Å². The van der Waals surface area contributed by atoms with Gasteiger partial charge in [0.2, 0.25) is 5.91 Å². The molecule has 0 fully saturated rings. The summed E-state index contributed by atoms with van der Waals surface area (Å²) in [5.74, 6) is -2.06. The zero-order valence-electron chi connectivity index (χ0n) is 15.7. The molecular weight excluding hydrogens is 362 g/mol. The van der Waals surface area contributed by atoms with E-state index in [1.54, 1.807) is 0 Å². The molecule has 0 aliphatic carbocycles. The van der Waals surface area contributed by atoms with Crippen LogP contribution < -0.4 is 5.32 Å². The number of amides is 3. The second-order valence-electron chi connectivity index (χ2n) is 6.80. The molecule has 0 aromatic heterocycles. The van der Waals surface area contributed by atoms with Crippen molar-refractivity contribution in [2.24, 2.45) is 0 Å². The van der Waals surface area contributed by atoms with E-state index in [2.05, 4.69) is 5.32 Å². The average Bonchev–Trinajstić information content (AvgIpc) is 2.88. The smallest absolute Gasteiger partial charge is 0.282 e. The highest BCUT2D eigenvalue weighted by Crippen LogP contribution is 2.30. The molecule has 0 spiro atoms. The summed E-state index contributed by atoms with van der Waals surface area (Å²) in [5, 5.41) is 13.9. The minimum Gasteiger partial charge on any atom is -0.348 e. The van der Waals surface area contributed by atoms with Crippen LogP contribution in [-0.4, -0.2) is 34.1 Å². The fourth-order valence-electron chi connectivity index (χ4n) is 3.35. The largest absolute Gasteiger partial charge is 0.348 e. The third kappa shape index (κ3) is 3.36. The first-order chi connectivity index (χ1) is 13.2. The molecule has 0 radical (unpaired) electrons. The lowest BCUT2D eigenvalue weighted by molar-refractivity contribution is -0.385. The van der Waals surface area contributed by atoms with Crippen LogP contribution in [0.25, 0.3) is 0 Å². The Hall–Kier alpha value is -3.55. The van der Waals surface area contributed by atoms with Gasteiger partial charge in [-0.3, -0.25) is 29.4 Å². The first kappa shape index (κ1) is 19.2. The predicted octanol–water partition coefficient (Wildman–Crippen LogP) is 2.69. The summed E-state index contributed by atoms with van der Waals surface area (Å²) in [5.41, 5.74) is 2.22. The van der Waals surface area contributed by atoms with Crippen LogP contribution in [0.1, 0.15) is 50.4 Å². The van der Waals surface area contributed by atoms with E-state index in [-0.39, 0.29) is 17.2 Å². The van der Waals surface area contributed by atoms with E-state index >= 15 is 0 Å². The quantitative estimate of drug-likeness (QED) is 0.486. The number of nitro benzene ring substituents is 1. The number of hydrogen-bond donors (Lipinski definition) is 1. The van der Waals surface area contributed by atoms with E-state index in [1.807, 2.05) is 39.0 Å². The summed E-state index contributed by atoms with van der Waals surface area (Å²) in [6.07, 6.45) is 0. The van der Waals surface area contributed by atoms with Crippen LogP contribution in [0, 0.1) is 24.0 Å². The molecule has 3 amide bonds. The molecule has 1 aliphatic rings. The van der Waals surface area contributed by atoms with Crippen molar-refractivity contribution in [1.29, 1.82) is 0 Å². The molecule has 1 atom stereocenters. The van der Waals surface area contributed by atoms with Gasteiger partial charge in [0, 0.05) is 6.07 Å². The molecule has 2 aromatic rings. The number of hydrogen-bond acceptors (Lipinski definition) is 5. The van der Waals surface area contributed by atoms with Gasteiger partial charge in [0.15, 0.2) is 0 Å². The van der Waals surface area contributed by atoms with Crippen LogP contribution in [0.4, 0.5) is 5.69 Å². The molecule has 1 unspecified atom stereocenters. The van der Waals surface area contributed by atoms with Gasteiger partial charge in [-0.25, -0.2) is 0 Å². The minimum absolute atomic E-state index is 0.0606. The predicted molar refractivity (Wildman–Crippen MR) is 101 cm³/mol. The number of nitro groups is 1. The number of fused-ring (bicyclic) bond motifs is 1. The van der Waals surface area contributed by atoms with E-state index in [0.29, 0.717) is 0 Å². The molecule has 8 nitrogen and oxygen atoms in total. The monoisotopic (exact) mass is 381 g/mol. The number of carbonyl (C=O) groups excluding carboxylic acids is 3. The normalized spacial score (nSPS) is 14.0. The number of carbonyl (C=O) groups is 3. The molecule has 2 aromatic carbocycles. The summed E-state index contributed by atoms with van der Waals surface area (Å²) >= 11 is 0. The summed E-state index contributed by atoms with van der Waals surface area (Å²) in [6.45, 7) is 5.19. The Morgan fingerprint density at radius 1 is 1.18 bits per heavy atom. The number of nitrogens with one attached hydrogen (secondary N) is 1. The van der Waals surface area contributed by atoms with E-state index in [4.69, 9.17) is 0 Å². The maximum Gasteiger partial charge on any atom is 0.282 e. The van der Waals surface area contributed by atoms with Crippen LogP contribution in [-0.2, 0) is 4.79 Å². The van der Waals surface area contributed by atoms with Gasteiger partial charge in [-0.15, -0.1) is 0 Å². The van der Waals surface area contributed by atoms with Gasteiger partial charge >= 0.3 is 0 Å². The summed E-state index contributed by atoms with van der Waals surface area (Å²) in [7, 11) is 0. The number of benzene rings is 2. The van der Waals surface area contributed by atoms with Crippen molar-refractivity contribution < 1.29 is 19.3 Å². The Bertz CT molecular complexity index is 1010. The second-order valence-corrected chi connectivity index (χ2v) is 6.80. The van der Waals surface area contributed by atoms with Crippen molar-refractivity contribution in [2.45, 2.75) is 26.8 Å². The topological polar surface area (TPSA) is 110 Å². The highest BCUT2D eigenvalue weighted by Gasteiger charge is 2.41. The Morgan fingerprint density at radius 3 is 2.57 bits per heavy atom. The van der Waals surface area contributed by atoms with E-state index in [0.717, 1.165) is 27.7 Å². The maximum absolute atomic E-state index is 12.5. The Kier molecular flexibility index (Phi) is 4.96. The fraction of sp³-hybridized carbons (Fsp3) is 0.250. The Balaban J connectivity index is 1.77. The SMILES string of the molecule is Cc1ccc(C)c(C(C)NC(=O)CN2C(=O)c3cccc([N+](=O)[O-])c3C2=O)c1. The lowest BCUT2D eigenvalue weighted by Crippen LogP contribution is -2.41. The number of aryl methyl sites for hydroxylation is 2. The van der Waals surface area contributed by atoms with Crippen molar-refractivity contribution in [3.05, 3.63) is 74.3 Å². The molecule has 1 heterocycles. The first-order valence-electron chi connectivity index (χ1n) is 8.70. The third-order valence-electron chi connectivity index (χ3n) is 4.75. The highest BCUT2D eigenvalue weighted by molar-refractivity contribution is 6.24. The molecule has 0 saturated carbocycles. The van der Waals surface area contributed by atoms with Gasteiger partial charge in [0.05, 0.1) is 16.5 Å². The summed E-state index contributed by atoms with van der Waals surface area (Å²) < 4.78 is 0. The lowest BCUT2D eigenvalue weighted by atomic mass is 10.00. The maximum atomic E-state index is 12.5. The Morgan fingerprint density at radius 2 is 1.89 bits per heavy atom. The van der Waals surface area contributed by atoms with Gasteiger partial charge in [-0.2, -0.15) is 0 Å². The molecule has 28 heavy (non-hydrogen) atoms. The van der Waals surface area contributed by atoms with Gasteiger partial charge in [-0.05, 0) is 38.0 Å². The Labute approximate surface area is 161 Å². The average molecular weight is 381 g/mol. The molecule has 1 aliphatic heterocycles. The van der Waals surface area contributed by atoms with Gasteiger partial charge in [0.1, 0.15) is 12.1 Å². The van der Waals surface area contributed by atoms with Crippen molar-refractivity contribution in [3.8, 4) is 0 Å². The second kappa shape index (κ2) is 7.22. The molecule has 0 saturated heterocycles. The molecule has 144 valence electrons. The van der Waals surface area contributed by atoms with Crippen molar-refractivity contribution in [2.75, 3.05) is 6.54 Å². The molecule has 8 heteroatoms. The summed E-state index contributed by atoms with van der Waals surface area (Å²) in [6, 6.07) is 9.42. The molecular formula is C20H19N3O5. The number of rotatable bonds is 5. The molecule has 3 rings (SSSR count). The number of nitrogens with zero attached hydrogens (tertiary/aromatic N) is 2. The minimum atomic E-state index is -0.832. The van der Waals surface area contributed by atoms with Crippen LogP contribution in [0.3, 0.4) is 0 Å². The van der Waals surface area contributed by atoms with Crippen LogP contribution in [0.5, 0.6) is 0 Å². The van der Waals surface area contributed by atoms with Crippen molar-refractivity contribution in [1.82, 2.24) is 10.2 Å². The first-order valence-corrected chi connectivity index (χ1v) is 8.70. The lowest BCUT2D eigenvalue weighted by Gasteiger charge is -2.19. The van der Waals surface area contributed by atoms with Crippen molar-refractivity contribution >= 4 is 23.4 Å². The van der Waals surface area contributed by atoms with E-state index < -0.39 is 34.9 Å².